The molecule has 0 fully saturated rings. The van der Waals surface area contributed by atoms with Crippen LogP contribution in [0.5, 0.6) is 0 Å². The molecule has 0 amide bonds. The Balaban J connectivity index is 1.87. The summed E-state index contributed by atoms with van der Waals surface area (Å²) in [7, 11) is 0. The SMILES string of the molecule is O=C(/C=C/c1ccccc1)CC(=O)/C=C/c1ccc(F)cc1. The monoisotopic (exact) mass is 294 g/mol. The largest absolute Gasteiger partial charge is 0.294 e. The summed E-state index contributed by atoms with van der Waals surface area (Å²) in [4.78, 5) is 23.4. The van der Waals surface area contributed by atoms with Gasteiger partial charge in [0.25, 0.3) is 0 Å². The van der Waals surface area contributed by atoms with Gasteiger partial charge in [0, 0.05) is 0 Å². The summed E-state index contributed by atoms with van der Waals surface area (Å²) in [6.07, 6.45) is 5.80. The van der Waals surface area contributed by atoms with Gasteiger partial charge in [-0.2, -0.15) is 0 Å². The molecule has 0 radical (unpaired) electrons. The first-order valence-electron chi connectivity index (χ1n) is 6.86. The quantitative estimate of drug-likeness (QED) is 0.594. The highest BCUT2D eigenvalue weighted by molar-refractivity contribution is 6.10. The predicted octanol–water partition coefficient (Wildman–Crippen LogP) is 4.08. The minimum atomic E-state index is -0.329. The molecule has 0 spiro atoms. The minimum absolute atomic E-state index is 0.180. The Labute approximate surface area is 128 Å². The molecule has 110 valence electrons. The van der Waals surface area contributed by atoms with E-state index in [0.717, 1.165) is 5.56 Å². The van der Waals surface area contributed by atoms with E-state index in [0.29, 0.717) is 5.56 Å². The third-order valence-corrected chi connectivity index (χ3v) is 2.94. The Bertz CT molecular complexity index is 698. The number of allylic oxidation sites excluding steroid dienone is 2. The molecule has 2 rings (SSSR count). The number of halogens is 1. The van der Waals surface area contributed by atoms with Gasteiger partial charge in [-0.15, -0.1) is 0 Å². The average Bonchev–Trinajstić information content (AvgIpc) is 2.53. The Hall–Kier alpha value is -2.81. The molecule has 3 heteroatoms. The zero-order valence-electron chi connectivity index (χ0n) is 11.9. The fraction of sp³-hybridized carbons (Fsp3) is 0.0526. The second-order valence-corrected chi connectivity index (χ2v) is 4.74. The van der Waals surface area contributed by atoms with Crippen LogP contribution in [0, 0.1) is 5.82 Å². The third-order valence-electron chi connectivity index (χ3n) is 2.94. The lowest BCUT2D eigenvalue weighted by Gasteiger charge is -1.94. The molecule has 0 saturated carbocycles. The van der Waals surface area contributed by atoms with Crippen LogP contribution in [-0.4, -0.2) is 11.6 Å². The first kappa shape index (κ1) is 15.6. The van der Waals surface area contributed by atoms with Gasteiger partial charge in [0.2, 0.25) is 0 Å². The summed E-state index contributed by atoms with van der Waals surface area (Å²) < 4.78 is 12.7. The molecule has 0 aliphatic rings. The number of carbonyl (C=O) groups is 2. The van der Waals surface area contributed by atoms with Crippen LogP contribution < -0.4 is 0 Å². The van der Waals surface area contributed by atoms with Crippen molar-refractivity contribution in [3.05, 3.63) is 83.7 Å². The van der Waals surface area contributed by atoms with Crippen molar-refractivity contribution in [1.29, 1.82) is 0 Å². The van der Waals surface area contributed by atoms with Gasteiger partial charge in [0.15, 0.2) is 11.6 Å². The maximum Gasteiger partial charge on any atom is 0.163 e. The van der Waals surface area contributed by atoms with Crippen molar-refractivity contribution in [1.82, 2.24) is 0 Å². The zero-order chi connectivity index (χ0) is 15.8. The fourth-order valence-corrected chi connectivity index (χ4v) is 1.81. The summed E-state index contributed by atoms with van der Waals surface area (Å²) in [6.45, 7) is 0. The smallest absolute Gasteiger partial charge is 0.163 e. The molecule has 0 unspecified atom stereocenters. The maximum atomic E-state index is 12.7. The third kappa shape index (κ3) is 5.29. The van der Waals surface area contributed by atoms with Crippen LogP contribution in [0.2, 0.25) is 0 Å². The lowest BCUT2D eigenvalue weighted by molar-refractivity contribution is -0.121. The van der Waals surface area contributed by atoms with E-state index in [4.69, 9.17) is 0 Å². The van der Waals surface area contributed by atoms with E-state index in [2.05, 4.69) is 0 Å². The summed E-state index contributed by atoms with van der Waals surface area (Å²) in [5, 5.41) is 0. The lowest BCUT2D eigenvalue weighted by atomic mass is 10.1. The summed E-state index contributed by atoms with van der Waals surface area (Å²) in [5.41, 5.74) is 1.62. The van der Waals surface area contributed by atoms with Crippen LogP contribution in [0.4, 0.5) is 4.39 Å². The van der Waals surface area contributed by atoms with Crippen LogP contribution in [-0.2, 0) is 9.59 Å². The molecular formula is C19H15FO2. The predicted molar refractivity (Wildman–Crippen MR) is 85.5 cm³/mol. The Morgan fingerprint density at radius 3 is 1.82 bits per heavy atom. The fourth-order valence-electron chi connectivity index (χ4n) is 1.81. The first-order chi connectivity index (χ1) is 10.6. The van der Waals surface area contributed by atoms with Gasteiger partial charge in [0.05, 0.1) is 6.42 Å². The van der Waals surface area contributed by atoms with Crippen molar-refractivity contribution >= 4 is 23.7 Å². The van der Waals surface area contributed by atoms with Crippen LogP contribution in [0.1, 0.15) is 17.5 Å². The van der Waals surface area contributed by atoms with Gasteiger partial charge in [-0.05, 0) is 35.4 Å². The molecule has 0 saturated heterocycles. The van der Waals surface area contributed by atoms with E-state index < -0.39 is 0 Å². The maximum absolute atomic E-state index is 12.7. The van der Waals surface area contributed by atoms with E-state index >= 15 is 0 Å². The molecule has 0 aliphatic heterocycles. The van der Waals surface area contributed by atoms with Crippen molar-refractivity contribution in [3.63, 3.8) is 0 Å². The van der Waals surface area contributed by atoms with Crippen LogP contribution in [0.25, 0.3) is 12.2 Å². The first-order valence-corrected chi connectivity index (χ1v) is 6.86. The zero-order valence-corrected chi connectivity index (χ0v) is 11.9. The Morgan fingerprint density at radius 2 is 1.27 bits per heavy atom. The summed E-state index contributed by atoms with van der Waals surface area (Å²) in [6, 6.07) is 15.2. The molecule has 0 aromatic heterocycles. The van der Waals surface area contributed by atoms with E-state index in [9.17, 15) is 14.0 Å². The van der Waals surface area contributed by atoms with Crippen molar-refractivity contribution in [3.8, 4) is 0 Å². The van der Waals surface area contributed by atoms with E-state index in [1.54, 1.807) is 24.3 Å². The van der Waals surface area contributed by atoms with Gasteiger partial charge in [-0.1, -0.05) is 54.6 Å². The molecule has 0 atom stereocenters. The van der Waals surface area contributed by atoms with E-state index in [1.165, 1.54) is 24.3 Å². The van der Waals surface area contributed by atoms with Gasteiger partial charge in [-0.25, -0.2) is 4.39 Å². The molecule has 2 aromatic rings. The molecule has 0 bridgehead atoms. The second kappa shape index (κ2) is 7.84. The molecule has 0 heterocycles. The summed E-state index contributed by atoms with van der Waals surface area (Å²) in [5.74, 6) is -0.866. The highest BCUT2D eigenvalue weighted by Crippen LogP contribution is 2.06. The van der Waals surface area contributed by atoms with Crippen LogP contribution in [0.15, 0.2) is 66.7 Å². The number of rotatable bonds is 6. The summed E-state index contributed by atoms with van der Waals surface area (Å²) >= 11 is 0. The second-order valence-electron chi connectivity index (χ2n) is 4.74. The van der Waals surface area contributed by atoms with Crippen molar-refractivity contribution in [2.75, 3.05) is 0 Å². The highest BCUT2D eigenvalue weighted by atomic mass is 19.1. The van der Waals surface area contributed by atoms with Crippen LogP contribution in [0.3, 0.4) is 0 Å². The molecule has 2 aromatic carbocycles. The molecule has 0 N–H and O–H groups in total. The van der Waals surface area contributed by atoms with Gasteiger partial charge < -0.3 is 0 Å². The lowest BCUT2D eigenvalue weighted by Crippen LogP contribution is -2.01. The molecule has 2 nitrogen and oxygen atoms in total. The van der Waals surface area contributed by atoms with Crippen molar-refractivity contribution in [2.45, 2.75) is 6.42 Å². The normalized spacial score (nSPS) is 11.1. The Kier molecular flexibility index (Phi) is 5.55. The van der Waals surface area contributed by atoms with E-state index in [-0.39, 0.29) is 23.8 Å². The van der Waals surface area contributed by atoms with Gasteiger partial charge in [0.1, 0.15) is 5.82 Å². The number of hydrogen-bond acceptors (Lipinski definition) is 2. The van der Waals surface area contributed by atoms with Crippen molar-refractivity contribution in [2.24, 2.45) is 0 Å². The number of carbonyl (C=O) groups excluding carboxylic acids is 2. The number of hydrogen-bond donors (Lipinski definition) is 0. The molecule has 22 heavy (non-hydrogen) atoms. The van der Waals surface area contributed by atoms with Crippen molar-refractivity contribution < 1.29 is 14.0 Å². The van der Waals surface area contributed by atoms with Crippen LogP contribution >= 0.6 is 0 Å². The molecular weight excluding hydrogens is 279 g/mol. The van der Waals surface area contributed by atoms with Gasteiger partial charge >= 0.3 is 0 Å². The number of ketones is 2. The Morgan fingerprint density at radius 1 is 0.773 bits per heavy atom. The highest BCUT2D eigenvalue weighted by Gasteiger charge is 2.03. The average molecular weight is 294 g/mol. The van der Waals surface area contributed by atoms with E-state index in [1.807, 2.05) is 30.3 Å². The standard InChI is InChI=1S/C19H15FO2/c20-17-10-6-16(7-11-17)9-13-19(22)14-18(21)12-8-15-4-2-1-3-5-15/h1-13H,14H2/b12-8+,13-9+. The number of benzene rings is 2. The molecule has 0 aliphatic carbocycles. The minimum Gasteiger partial charge on any atom is -0.294 e. The van der Waals surface area contributed by atoms with Gasteiger partial charge in [-0.3, -0.25) is 9.59 Å². The topological polar surface area (TPSA) is 34.1 Å².